The van der Waals surface area contributed by atoms with Gasteiger partial charge in [0.15, 0.2) is 17.3 Å². The Labute approximate surface area is 167 Å². The van der Waals surface area contributed by atoms with Crippen LogP contribution in [0.1, 0.15) is 21.3 Å². The van der Waals surface area contributed by atoms with Crippen LogP contribution in [0.2, 0.25) is 0 Å². The molecule has 3 atom stereocenters. The molecule has 0 bridgehead atoms. The van der Waals surface area contributed by atoms with Gasteiger partial charge in [0.1, 0.15) is 5.92 Å². The van der Waals surface area contributed by atoms with Gasteiger partial charge in [-0.1, -0.05) is 12.1 Å². The Morgan fingerprint density at radius 1 is 1.21 bits per heavy atom. The van der Waals surface area contributed by atoms with Crippen LogP contribution in [0.4, 0.5) is 18.0 Å². The number of methoxy groups -OCH3 is 2. The van der Waals surface area contributed by atoms with E-state index >= 15 is 0 Å². The first-order chi connectivity index (χ1) is 13.6. The van der Waals surface area contributed by atoms with Gasteiger partial charge in [-0.2, -0.15) is 13.2 Å². The Morgan fingerprint density at radius 2 is 1.90 bits per heavy atom. The van der Waals surface area contributed by atoms with Crippen molar-refractivity contribution in [2.75, 3.05) is 14.2 Å². The highest BCUT2D eigenvalue weighted by Gasteiger charge is 2.66. The molecule has 0 aliphatic carbocycles. The molecule has 0 saturated carbocycles. The van der Waals surface area contributed by atoms with Crippen molar-refractivity contribution >= 4 is 23.2 Å². The summed E-state index contributed by atoms with van der Waals surface area (Å²) in [4.78, 5) is 25.0. The number of amides is 2. The van der Waals surface area contributed by atoms with Crippen LogP contribution >= 0.6 is 11.3 Å². The van der Waals surface area contributed by atoms with Crippen molar-refractivity contribution < 1.29 is 37.3 Å². The zero-order chi connectivity index (χ0) is 21.4. The molecule has 3 N–H and O–H groups in total. The SMILES string of the molecule is COc1ccc([C@H]2NC(=O)N[C@@](O)(C(F)(F)F)[C@@H]2C(=O)c2cccs2)cc1OC. The molecule has 1 aliphatic heterocycles. The van der Waals surface area contributed by atoms with Gasteiger partial charge in [0, 0.05) is 0 Å². The topological polar surface area (TPSA) is 96.9 Å². The van der Waals surface area contributed by atoms with Crippen LogP contribution in [0.25, 0.3) is 0 Å². The molecule has 11 heteroatoms. The molecule has 0 unspecified atom stereocenters. The number of rotatable bonds is 5. The highest BCUT2D eigenvalue weighted by atomic mass is 32.1. The summed E-state index contributed by atoms with van der Waals surface area (Å²) in [7, 11) is 2.72. The number of ketones is 1. The lowest BCUT2D eigenvalue weighted by atomic mass is 9.78. The number of carbonyl (C=O) groups is 2. The van der Waals surface area contributed by atoms with Crippen LogP contribution in [0.15, 0.2) is 35.7 Å². The molecule has 3 rings (SSSR count). The van der Waals surface area contributed by atoms with Gasteiger partial charge in [-0.3, -0.25) is 4.79 Å². The van der Waals surface area contributed by atoms with E-state index in [-0.39, 0.29) is 16.2 Å². The summed E-state index contributed by atoms with van der Waals surface area (Å²) in [6.07, 6.45) is -5.31. The van der Waals surface area contributed by atoms with Crippen molar-refractivity contribution in [2.45, 2.75) is 17.9 Å². The Balaban J connectivity index is 2.17. The second-order valence-corrected chi connectivity index (χ2v) is 7.22. The van der Waals surface area contributed by atoms with Gasteiger partial charge in [0.2, 0.25) is 5.72 Å². The summed E-state index contributed by atoms with van der Waals surface area (Å²) < 4.78 is 51.7. The molecule has 7 nitrogen and oxygen atoms in total. The standard InChI is InChI=1S/C18H17F3N2O5S/c1-27-10-6-5-9(8-11(10)28-2)14-13(15(24)12-4-3-7-29-12)17(26,18(19,20)21)23-16(25)22-14/h3-8,13-14,26H,1-2H3,(H2,22,23,25)/t13-,14+,17-/m0/s1. The number of hydrogen-bond donors (Lipinski definition) is 3. The third kappa shape index (κ3) is 3.62. The van der Waals surface area contributed by atoms with Gasteiger partial charge in [-0.15, -0.1) is 11.3 Å². The molecule has 1 saturated heterocycles. The number of Topliss-reactive ketones (excluding diaryl/α,β-unsaturated/α-hetero) is 1. The van der Waals surface area contributed by atoms with Crippen molar-refractivity contribution in [2.24, 2.45) is 5.92 Å². The van der Waals surface area contributed by atoms with Gasteiger partial charge in [-0.05, 0) is 29.1 Å². The Kier molecular flexibility index (Phi) is 5.46. The summed E-state index contributed by atoms with van der Waals surface area (Å²) in [6, 6.07) is 4.28. The molecule has 156 valence electrons. The lowest BCUT2D eigenvalue weighted by molar-refractivity contribution is -0.287. The van der Waals surface area contributed by atoms with Gasteiger partial charge in [0.25, 0.3) is 0 Å². The Hall–Kier alpha value is -2.79. The van der Waals surface area contributed by atoms with Gasteiger partial charge >= 0.3 is 12.2 Å². The molecule has 2 heterocycles. The quantitative estimate of drug-likeness (QED) is 0.634. The molecule has 2 amide bonds. The molecule has 1 aromatic heterocycles. The average molecular weight is 430 g/mol. The van der Waals surface area contributed by atoms with E-state index in [4.69, 9.17) is 9.47 Å². The summed E-state index contributed by atoms with van der Waals surface area (Å²) in [6.45, 7) is 0. The maximum Gasteiger partial charge on any atom is 0.437 e. The van der Waals surface area contributed by atoms with Gasteiger partial charge in [0.05, 0.1) is 25.1 Å². The van der Waals surface area contributed by atoms with E-state index in [1.807, 2.05) is 0 Å². The van der Waals surface area contributed by atoms with Crippen LogP contribution in [-0.4, -0.2) is 43.0 Å². The van der Waals surface area contributed by atoms with Crippen LogP contribution in [0, 0.1) is 5.92 Å². The number of aliphatic hydroxyl groups is 1. The van der Waals surface area contributed by atoms with E-state index in [9.17, 15) is 27.9 Å². The fraction of sp³-hybridized carbons (Fsp3) is 0.333. The third-order valence-corrected chi connectivity index (χ3v) is 5.50. The molecule has 1 aromatic carbocycles. The smallest absolute Gasteiger partial charge is 0.437 e. The average Bonchev–Trinajstić information content (AvgIpc) is 3.20. The summed E-state index contributed by atoms with van der Waals surface area (Å²) in [5.74, 6) is -2.55. The van der Waals surface area contributed by atoms with Crippen LogP contribution < -0.4 is 20.1 Å². The van der Waals surface area contributed by atoms with Crippen LogP contribution in [0.3, 0.4) is 0 Å². The Bertz CT molecular complexity index is 919. The zero-order valence-corrected chi connectivity index (χ0v) is 16.1. The van der Waals surface area contributed by atoms with Crippen molar-refractivity contribution in [3.05, 3.63) is 46.2 Å². The Morgan fingerprint density at radius 3 is 2.45 bits per heavy atom. The predicted molar refractivity (Wildman–Crippen MR) is 97.1 cm³/mol. The number of ether oxygens (including phenoxy) is 2. The maximum atomic E-state index is 13.8. The number of nitrogens with one attached hydrogen (secondary N) is 2. The predicted octanol–water partition coefficient (Wildman–Crippen LogP) is 2.87. The number of alkyl halides is 3. The highest BCUT2D eigenvalue weighted by molar-refractivity contribution is 7.12. The number of halogens is 3. The highest BCUT2D eigenvalue weighted by Crippen LogP contribution is 2.45. The number of benzene rings is 1. The van der Waals surface area contributed by atoms with E-state index in [1.54, 1.807) is 0 Å². The molecular weight excluding hydrogens is 413 g/mol. The maximum absolute atomic E-state index is 13.8. The second kappa shape index (κ2) is 7.56. The number of carbonyl (C=O) groups excluding carboxylic acids is 2. The zero-order valence-electron chi connectivity index (χ0n) is 15.2. The summed E-state index contributed by atoms with van der Waals surface area (Å²) in [5, 5.41) is 15.8. The third-order valence-electron chi connectivity index (χ3n) is 4.62. The van der Waals surface area contributed by atoms with E-state index in [0.717, 1.165) is 11.3 Å². The number of urea groups is 1. The lowest BCUT2D eigenvalue weighted by Gasteiger charge is -2.44. The first-order valence-corrected chi connectivity index (χ1v) is 9.17. The van der Waals surface area contributed by atoms with Crippen LogP contribution in [0.5, 0.6) is 11.5 Å². The molecule has 29 heavy (non-hydrogen) atoms. The van der Waals surface area contributed by atoms with E-state index in [1.165, 1.54) is 55.2 Å². The van der Waals surface area contributed by atoms with Gasteiger partial charge < -0.3 is 25.2 Å². The first-order valence-electron chi connectivity index (χ1n) is 8.29. The summed E-state index contributed by atoms with van der Waals surface area (Å²) >= 11 is 0.935. The van der Waals surface area contributed by atoms with Crippen molar-refractivity contribution in [1.29, 1.82) is 0 Å². The van der Waals surface area contributed by atoms with Crippen molar-refractivity contribution in [3.8, 4) is 11.5 Å². The van der Waals surface area contributed by atoms with E-state index < -0.39 is 35.7 Å². The van der Waals surface area contributed by atoms with Crippen molar-refractivity contribution in [1.82, 2.24) is 10.6 Å². The fourth-order valence-electron chi connectivity index (χ4n) is 3.24. The number of thiophene rings is 1. The van der Waals surface area contributed by atoms with Crippen LogP contribution in [-0.2, 0) is 0 Å². The number of hydrogen-bond acceptors (Lipinski definition) is 6. The monoisotopic (exact) mass is 430 g/mol. The second-order valence-electron chi connectivity index (χ2n) is 6.27. The van der Waals surface area contributed by atoms with E-state index in [0.29, 0.717) is 5.75 Å². The molecule has 1 aliphatic rings. The molecular formula is C18H17F3N2O5S. The largest absolute Gasteiger partial charge is 0.493 e. The minimum atomic E-state index is -5.31. The summed E-state index contributed by atoms with van der Waals surface area (Å²) in [5.41, 5.74) is -3.64. The lowest BCUT2D eigenvalue weighted by Crippen LogP contribution is -2.72. The van der Waals surface area contributed by atoms with Gasteiger partial charge in [-0.25, -0.2) is 4.79 Å². The molecule has 0 radical (unpaired) electrons. The van der Waals surface area contributed by atoms with E-state index in [2.05, 4.69) is 5.32 Å². The molecule has 0 spiro atoms. The fourth-order valence-corrected chi connectivity index (χ4v) is 3.94. The minimum absolute atomic E-state index is 0.0149. The molecule has 2 aromatic rings. The van der Waals surface area contributed by atoms with Crippen molar-refractivity contribution in [3.63, 3.8) is 0 Å². The first kappa shape index (κ1) is 20.9. The normalized spacial score (nSPS) is 24.4. The minimum Gasteiger partial charge on any atom is -0.493 e. The molecule has 1 fully saturated rings.